The molecule has 2 rings (SSSR count). The fraction of sp³-hybridized carbons (Fsp3) is 0.353. The third-order valence-electron chi connectivity index (χ3n) is 3.25. The van der Waals surface area contributed by atoms with Gasteiger partial charge in [-0.25, -0.2) is 0 Å². The maximum absolute atomic E-state index is 5.94. The molecule has 2 aromatic rings. The molecule has 0 N–H and O–H groups in total. The van der Waals surface area contributed by atoms with Crippen molar-refractivity contribution in [1.29, 1.82) is 0 Å². The number of benzene rings is 1. The number of rotatable bonds is 8. The molecule has 3 nitrogen and oxygen atoms in total. The standard InChI is InChI=1S/C17H21ClN2O/c1-21-12-4-11-20(14-17-5-2-3-10-19-17)13-15-6-8-16(18)9-7-15/h2-3,5-10H,4,11-14H2,1H3. The molecular formula is C17H21ClN2O. The van der Waals surface area contributed by atoms with Gasteiger partial charge in [0, 0.05) is 44.6 Å². The Balaban J connectivity index is 1.99. The second-order valence-electron chi connectivity index (χ2n) is 5.00. The van der Waals surface area contributed by atoms with Gasteiger partial charge < -0.3 is 4.74 Å². The normalized spacial score (nSPS) is 11.0. The molecule has 1 heterocycles. The van der Waals surface area contributed by atoms with Gasteiger partial charge >= 0.3 is 0 Å². The van der Waals surface area contributed by atoms with Crippen molar-refractivity contribution in [3.05, 3.63) is 64.9 Å². The minimum absolute atomic E-state index is 0.773. The maximum Gasteiger partial charge on any atom is 0.0544 e. The van der Waals surface area contributed by atoms with Gasteiger partial charge in [0.2, 0.25) is 0 Å². The van der Waals surface area contributed by atoms with Gasteiger partial charge in [-0.1, -0.05) is 29.8 Å². The van der Waals surface area contributed by atoms with E-state index < -0.39 is 0 Å². The number of ether oxygens (including phenoxy) is 1. The van der Waals surface area contributed by atoms with Crippen molar-refractivity contribution in [3.8, 4) is 0 Å². The van der Waals surface area contributed by atoms with Crippen molar-refractivity contribution < 1.29 is 4.74 Å². The van der Waals surface area contributed by atoms with Gasteiger partial charge in [0.15, 0.2) is 0 Å². The number of hydrogen-bond acceptors (Lipinski definition) is 3. The van der Waals surface area contributed by atoms with E-state index in [1.165, 1.54) is 5.56 Å². The van der Waals surface area contributed by atoms with Crippen LogP contribution in [0.1, 0.15) is 17.7 Å². The summed E-state index contributed by atoms with van der Waals surface area (Å²) in [5, 5.41) is 0.773. The molecule has 0 unspecified atom stereocenters. The summed E-state index contributed by atoms with van der Waals surface area (Å²) in [4.78, 5) is 6.79. The van der Waals surface area contributed by atoms with E-state index in [0.717, 1.165) is 43.4 Å². The van der Waals surface area contributed by atoms with Crippen LogP contribution < -0.4 is 0 Å². The Bertz CT molecular complexity index is 516. The Morgan fingerprint density at radius 3 is 2.57 bits per heavy atom. The van der Waals surface area contributed by atoms with E-state index in [0.29, 0.717) is 0 Å². The first-order valence-corrected chi connectivity index (χ1v) is 7.51. The highest BCUT2D eigenvalue weighted by Crippen LogP contribution is 2.13. The van der Waals surface area contributed by atoms with Gasteiger partial charge in [0.05, 0.1) is 5.69 Å². The summed E-state index contributed by atoms with van der Waals surface area (Å²) in [5.41, 5.74) is 2.34. The molecule has 0 fully saturated rings. The van der Waals surface area contributed by atoms with E-state index in [2.05, 4.69) is 28.1 Å². The molecule has 0 aliphatic rings. The molecule has 0 aliphatic carbocycles. The predicted octanol–water partition coefficient (Wildman–Crippen LogP) is 3.77. The first-order valence-electron chi connectivity index (χ1n) is 7.13. The van der Waals surface area contributed by atoms with Crippen molar-refractivity contribution in [2.75, 3.05) is 20.3 Å². The average molecular weight is 305 g/mol. The zero-order valence-electron chi connectivity index (χ0n) is 12.3. The molecule has 4 heteroatoms. The Labute approximate surface area is 131 Å². The van der Waals surface area contributed by atoms with E-state index in [4.69, 9.17) is 16.3 Å². The van der Waals surface area contributed by atoms with Crippen molar-refractivity contribution >= 4 is 11.6 Å². The van der Waals surface area contributed by atoms with Gasteiger partial charge in [-0.3, -0.25) is 9.88 Å². The van der Waals surface area contributed by atoms with E-state index >= 15 is 0 Å². The van der Waals surface area contributed by atoms with Gasteiger partial charge in [-0.05, 0) is 36.2 Å². The van der Waals surface area contributed by atoms with E-state index in [1.807, 2.05) is 30.5 Å². The van der Waals surface area contributed by atoms with Crippen LogP contribution in [0.15, 0.2) is 48.7 Å². The van der Waals surface area contributed by atoms with Crippen LogP contribution in [0.25, 0.3) is 0 Å². The maximum atomic E-state index is 5.94. The summed E-state index contributed by atoms with van der Waals surface area (Å²) in [6.07, 6.45) is 2.85. The molecule has 0 atom stereocenters. The quantitative estimate of drug-likeness (QED) is 0.694. The Morgan fingerprint density at radius 1 is 1.10 bits per heavy atom. The number of hydrogen-bond donors (Lipinski definition) is 0. The van der Waals surface area contributed by atoms with Gasteiger partial charge in [-0.2, -0.15) is 0 Å². The third kappa shape index (κ3) is 5.84. The first-order chi connectivity index (χ1) is 10.3. The minimum Gasteiger partial charge on any atom is -0.385 e. The molecule has 112 valence electrons. The van der Waals surface area contributed by atoms with Gasteiger partial charge in [0.25, 0.3) is 0 Å². The summed E-state index contributed by atoms with van der Waals surface area (Å²) in [5.74, 6) is 0. The van der Waals surface area contributed by atoms with Crippen LogP contribution >= 0.6 is 11.6 Å². The molecular weight excluding hydrogens is 284 g/mol. The summed E-state index contributed by atoms with van der Waals surface area (Å²) in [7, 11) is 1.74. The van der Waals surface area contributed by atoms with Crippen LogP contribution in [-0.4, -0.2) is 30.1 Å². The van der Waals surface area contributed by atoms with Crippen LogP contribution in [0.4, 0.5) is 0 Å². The summed E-state index contributed by atoms with van der Waals surface area (Å²) in [6.45, 7) is 3.48. The lowest BCUT2D eigenvalue weighted by Gasteiger charge is -2.22. The topological polar surface area (TPSA) is 25.4 Å². The average Bonchev–Trinajstić information content (AvgIpc) is 2.51. The van der Waals surface area contributed by atoms with Crippen LogP contribution in [0.3, 0.4) is 0 Å². The second-order valence-corrected chi connectivity index (χ2v) is 5.44. The highest BCUT2D eigenvalue weighted by atomic mass is 35.5. The van der Waals surface area contributed by atoms with Gasteiger partial charge in [0.1, 0.15) is 0 Å². The molecule has 0 amide bonds. The van der Waals surface area contributed by atoms with Crippen molar-refractivity contribution in [1.82, 2.24) is 9.88 Å². The Hall–Kier alpha value is -1.42. The molecule has 1 aromatic carbocycles. The lowest BCUT2D eigenvalue weighted by molar-refractivity contribution is 0.166. The number of nitrogens with zero attached hydrogens (tertiary/aromatic N) is 2. The van der Waals surface area contributed by atoms with Crippen molar-refractivity contribution in [3.63, 3.8) is 0 Å². The lowest BCUT2D eigenvalue weighted by atomic mass is 10.2. The fourth-order valence-electron chi connectivity index (χ4n) is 2.22. The van der Waals surface area contributed by atoms with Crippen LogP contribution in [0.5, 0.6) is 0 Å². The SMILES string of the molecule is COCCCN(Cc1ccc(Cl)cc1)Cc1ccccn1. The van der Waals surface area contributed by atoms with Crippen molar-refractivity contribution in [2.45, 2.75) is 19.5 Å². The number of aromatic nitrogens is 1. The number of methoxy groups -OCH3 is 1. The molecule has 21 heavy (non-hydrogen) atoms. The molecule has 0 saturated carbocycles. The van der Waals surface area contributed by atoms with Crippen LogP contribution in [0, 0.1) is 0 Å². The smallest absolute Gasteiger partial charge is 0.0544 e. The number of halogens is 1. The Morgan fingerprint density at radius 2 is 1.90 bits per heavy atom. The Kier molecular flexibility index (Phi) is 6.67. The van der Waals surface area contributed by atoms with Gasteiger partial charge in [-0.15, -0.1) is 0 Å². The third-order valence-corrected chi connectivity index (χ3v) is 3.51. The molecule has 0 bridgehead atoms. The molecule has 1 aromatic heterocycles. The summed E-state index contributed by atoms with van der Waals surface area (Å²) < 4.78 is 5.15. The number of pyridine rings is 1. The predicted molar refractivity (Wildman–Crippen MR) is 86.3 cm³/mol. The zero-order valence-corrected chi connectivity index (χ0v) is 13.1. The molecule has 0 aliphatic heterocycles. The molecule has 0 radical (unpaired) electrons. The van der Waals surface area contributed by atoms with Crippen LogP contribution in [0.2, 0.25) is 5.02 Å². The lowest BCUT2D eigenvalue weighted by Crippen LogP contribution is -2.25. The largest absolute Gasteiger partial charge is 0.385 e. The van der Waals surface area contributed by atoms with E-state index in [-0.39, 0.29) is 0 Å². The molecule has 0 spiro atoms. The van der Waals surface area contributed by atoms with Crippen LogP contribution in [-0.2, 0) is 17.8 Å². The van der Waals surface area contributed by atoms with E-state index in [9.17, 15) is 0 Å². The summed E-state index contributed by atoms with van der Waals surface area (Å²) >= 11 is 5.94. The summed E-state index contributed by atoms with van der Waals surface area (Å²) in [6, 6.07) is 14.0. The van der Waals surface area contributed by atoms with E-state index in [1.54, 1.807) is 7.11 Å². The minimum atomic E-state index is 0.773. The fourth-order valence-corrected chi connectivity index (χ4v) is 2.34. The van der Waals surface area contributed by atoms with Crippen molar-refractivity contribution in [2.24, 2.45) is 0 Å². The molecule has 0 saturated heterocycles. The second kappa shape index (κ2) is 8.78. The first kappa shape index (κ1) is 16.0. The zero-order chi connectivity index (χ0) is 14.9. The highest BCUT2D eigenvalue weighted by molar-refractivity contribution is 6.30. The highest BCUT2D eigenvalue weighted by Gasteiger charge is 2.08. The monoisotopic (exact) mass is 304 g/mol.